The van der Waals surface area contributed by atoms with Crippen molar-refractivity contribution in [2.24, 2.45) is 5.84 Å². The van der Waals surface area contributed by atoms with Crippen LogP contribution in [0.4, 0.5) is 10.2 Å². The minimum Gasteiger partial charge on any atom is -0.489 e. The van der Waals surface area contributed by atoms with Crippen LogP contribution in [0, 0.1) is 5.82 Å². The molecule has 1 aromatic heterocycles. The average molecular weight is 233 g/mol. The van der Waals surface area contributed by atoms with E-state index < -0.39 is 0 Å². The van der Waals surface area contributed by atoms with Gasteiger partial charge in [-0.15, -0.1) is 0 Å². The lowest BCUT2D eigenvalue weighted by Crippen LogP contribution is -2.08. The van der Waals surface area contributed by atoms with Gasteiger partial charge in [-0.3, -0.25) is 0 Å². The van der Waals surface area contributed by atoms with Crippen molar-refractivity contribution in [2.75, 3.05) is 5.43 Å². The Labute approximate surface area is 98.2 Å². The number of hydrogen-bond acceptors (Lipinski definition) is 4. The van der Waals surface area contributed by atoms with Gasteiger partial charge in [0.15, 0.2) is 0 Å². The van der Waals surface area contributed by atoms with Gasteiger partial charge in [-0.2, -0.15) is 0 Å². The Morgan fingerprint density at radius 1 is 1.29 bits per heavy atom. The lowest BCUT2D eigenvalue weighted by molar-refractivity contribution is 0.304. The number of hydrogen-bond donors (Lipinski definition) is 2. The molecule has 0 aliphatic carbocycles. The number of aromatic nitrogens is 1. The standard InChI is InChI=1S/C12H12FN3O/c13-10-2-1-3-11(6-10)17-8-9-4-5-12(16-14)15-7-9/h1-7H,8,14H2,(H,15,16). The summed E-state index contributed by atoms with van der Waals surface area (Å²) in [5.74, 6) is 5.95. The van der Waals surface area contributed by atoms with E-state index in [0.717, 1.165) is 5.56 Å². The molecule has 0 fully saturated rings. The smallest absolute Gasteiger partial charge is 0.139 e. The number of nitrogens with one attached hydrogen (secondary N) is 1. The molecule has 0 radical (unpaired) electrons. The summed E-state index contributed by atoms with van der Waals surface area (Å²) in [4.78, 5) is 4.04. The molecule has 0 aliphatic heterocycles. The number of benzene rings is 1. The number of nitrogen functional groups attached to an aromatic ring is 1. The highest BCUT2D eigenvalue weighted by Gasteiger charge is 1.98. The summed E-state index contributed by atoms with van der Waals surface area (Å²) in [7, 11) is 0. The molecule has 5 heteroatoms. The molecule has 17 heavy (non-hydrogen) atoms. The molecule has 0 unspecified atom stereocenters. The van der Waals surface area contributed by atoms with Crippen LogP contribution in [0.2, 0.25) is 0 Å². The first-order valence-corrected chi connectivity index (χ1v) is 5.08. The number of nitrogens with two attached hydrogens (primary N) is 1. The minimum absolute atomic E-state index is 0.316. The Balaban J connectivity index is 1.97. The van der Waals surface area contributed by atoms with E-state index in [4.69, 9.17) is 10.6 Å². The molecule has 88 valence electrons. The van der Waals surface area contributed by atoms with Crippen molar-refractivity contribution in [1.29, 1.82) is 0 Å². The van der Waals surface area contributed by atoms with Gasteiger partial charge in [-0.1, -0.05) is 12.1 Å². The lowest BCUT2D eigenvalue weighted by atomic mass is 10.3. The summed E-state index contributed by atoms with van der Waals surface area (Å²) in [6.45, 7) is 0.335. The molecule has 0 saturated heterocycles. The van der Waals surface area contributed by atoms with Crippen molar-refractivity contribution >= 4 is 5.82 Å². The fourth-order valence-corrected chi connectivity index (χ4v) is 1.32. The summed E-state index contributed by atoms with van der Waals surface area (Å²) in [5.41, 5.74) is 3.32. The van der Waals surface area contributed by atoms with Gasteiger partial charge in [0.2, 0.25) is 0 Å². The van der Waals surface area contributed by atoms with Crippen molar-refractivity contribution in [3.63, 3.8) is 0 Å². The van der Waals surface area contributed by atoms with Crippen LogP contribution in [0.15, 0.2) is 42.6 Å². The zero-order valence-corrected chi connectivity index (χ0v) is 9.06. The van der Waals surface area contributed by atoms with E-state index >= 15 is 0 Å². The summed E-state index contributed by atoms with van der Waals surface area (Å²) in [5, 5.41) is 0. The molecule has 2 rings (SSSR count). The Bertz CT molecular complexity index is 487. The monoisotopic (exact) mass is 233 g/mol. The van der Waals surface area contributed by atoms with E-state index in [1.165, 1.54) is 12.1 Å². The molecular weight excluding hydrogens is 221 g/mol. The molecule has 0 amide bonds. The third kappa shape index (κ3) is 3.15. The van der Waals surface area contributed by atoms with Crippen LogP contribution in [0.3, 0.4) is 0 Å². The first-order valence-electron chi connectivity index (χ1n) is 5.08. The van der Waals surface area contributed by atoms with Gasteiger partial charge in [0, 0.05) is 17.8 Å². The highest BCUT2D eigenvalue weighted by Crippen LogP contribution is 2.14. The summed E-state index contributed by atoms with van der Waals surface area (Å²) >= 11 is 0. The number of halogens is 1. The lowest BCUT2D eigenvalue weighted by Gasteiger charge is -2.06. The second kappa shape index (κ2) is 5.27. The number of rotatable bonds is 4. The van der Waals surface area contributed by atoms with E-state index in [1.54, 1.807) is 24.4 Å². The van der Waals surface area contributed by atoms with Crippen molar-refractivity contribution in [3.8, 4) is 5.75 Å². The quantitative estimate of drug-likeness (QED) is 0.627. The van der Waals surface area contributed by atoms with Crippen LogP contribution in [0.1, 0.15) is 5.56 Å². The van der Waals surface area contributed by atoms with Gasteiger partial charge in [-0.05, 0) is 18.2 Å². The highest BCUT2D eigenvalue weighted by molar-refractivity contribution is 5.33. The van der Waals surface area contributed by atoms with Crippen LogP contribution in [0.5, 0.6) is 5.75 Å². The van der Waals surface area contributed by atoms with Gasteiger partial charge in [-0.25, -0.2) is 15.2 Å². The number of ether oxygens (including phenoxy) is 1. The fraction of sp³-hybridized carbons (Fsp3) is 0.0833. The summed E-state index contributed by atoms with van der Waals surface area (Å²) in [6, 6.07) is 9.59. The molecule has 0 saturated carbocycles. The van der Waals surface area contributed by atoms with E-state index in [0.29, 0.717) is 18.2 Å². The average Bonchev–Trinajstić information content (AvgIpc) is 2.37. The molecule has 1 aromatic carbocycles. The van der Waals surface area contributed by atoms with Gasteiger partial charge in [0.1, 0.15) is 24.0 Å². The molecular formula is C12H12FN3O. The maximum atomic E-state index is 12.9. The summed E-state index contributed by atoms with van der Waals surface area (Å²) in [6.07, 6.45) is 1.65. The third-order valence-electron chi connectivity index (χ3n) is 2.17. The van der Waals surface area contributed by atoms with Crippen LogP contribution < -0.4 is 16.0 Å². The summed E-state index contributed by atoms with van der Waals surface area (Å²) < 4.78 is 18.3. The van der Waals surface area contributed by atoms with Crippen molar-refractivity contribution in [2.45, 2.75) is 6.61 Å². The van der Waals surface area contributed by atoms with Crippen LogP contribution in [0.25, 0.3) is 0 Å². The SMILES string of the molecule is NNc1ccc(COc2cccc(F)c2)cn1. The molecule has 3 N–H and O–H groups in total. The maximum Gasteiger partial charge on any atom is 0.139 e. The van der Waals surface area contributed by atoms with Gasteiger partial charge in [0.05, 0.1) is 0 Å². The Morgan fingerprint density at radius 2 is 2.18 bits per heavy atom. The van der Waals surface area contributed by atoms with Crippen molar-refractivity contribution in [1.82, 2.24) is 4.98 Å². The molecule has 0 atom stereocenters. The number of pyridine rings is 1. The topological polar surface area (TPSA) is 60.2 Å². The van der Waals surface area contributed by atoms with E-state index in [-0.39, 0.29) is 5.82 Å². The normalized spacial score (nSPS) is 10.0. The predicted molar refractivity (Wildman–Crippen MR) is 62.8 cm³/mol. The predicted octanol–water partition coefficient (Wildman–Crippen LogP) is 2.09. The molecule has 0 bridgehead atoms. The van der Waals surface area contributed by atoms with Crippen molar-refractivity contribution in [3.05, 3.63) is 54.0 Å². The largest absolute Gasteiger partial charge is 0.489 e. The molecule has 0 aliphatic rings. The van der Waals surface area contributed by atoms with Crippen LogP contribution in [-0.2, 0) is 6.61 Å². The van der Waals surface area contributed by atoms with Crippen molar-refractivity contribution < 1.29 is 9.13 Å². The zero-order chi connectivity index (χ0) is 12.1. The second-order valence-electron chi connectivity index (χ2n) is 3.44. The molecule has 4 nitrogen and oxygen atoms in total. The van der Waals surface area contributed by atoms with Gasteiger partial charge in [0.25, 0.3) is 0 Å². The highest BCUT2D eigenvalue weighted by atomic mass is 19.1. The van der Waals surface area contributed by atoms with Crippen LogP contribution >= 0.6 is 0 Å². The molecule has 0 spiro atoms. The Kier molecular flexibility index (Phi) is 3.52. The Hall–Kier alpha value is -2.14. The van der Waals surface area contributed by atoms with E-state index in [9.17, 15) is 4.39 Å². The fourth-order valence-electron chi connectivity index (χ4n) is 1.32. The Morgan fingerprint density at radius 3 is 2.82 bits per heavy atom. The third-order valence-corrected chi connectivity index (χ3v) is 2.17. The molecule has 2 aromatic rings. The first kappa shape index (κ1) is 11.3. The maximum absolute atomic E-state index is 12.9. The number of nitrogens with zero attached hydrogens (tertiary/aromatic N) is 1. The minimum atomic E-state index is -0.316. The number of anilines is 1. The van der Waals surface area contributed by atoms with E-state index in [1.807, 2.05) is 6.07 Å². The van der Waals surface area contributed by atoms with Gasteiger partial charge < -0.3 is 10.2 Å². The number of hydrazine groups is 1. The van der Waals surface area contributed by atoms with Gasteiger partial charge >= 0.3 is 0 Å². The van der Waals surface area contributed by atoms with Crippen LogP contribution in [-0.4, -0.2) is 4.98 Å². The second-order valence-corrected chi connectivity index (χ2v) is 3.44. The first-order chi connectivity index (χ1) is 8.28. The van der Waals surface area contributed by atoms with E-state index in [2.05, 4.69) is 10.4 Å². The zero-order valence-electron chi connectivity index (χ0n) is 9.06. The molecule has 1 heterocycles.